The molecule has 7 rings (SSSR count). The molecule has 4 unspecified atom stereocenters. The summed E-state index contributed by atoms with van der Waals surface area (Å²) in [7, 11) is 3.93. The quantitative estimate of drug-likeness (QED) is 0.0218. The van der Waals surface area contributed by atoms with Gasteiger partial charge in [-0.05, 0) is 76.4 Å². The van der Waals surface area contributed by atoms with E-state index in [4.69, 9.17) is 15.2 Å². The minimum Gasteiger partial charge on any atom is -0.463 e. The number of carbonyl (C=O) groups is 3. The Bertz CT molecular complexity index is 1570. The van der Waals surface area contributed by atoms with Gasteiger partial charge in [-0.25, -0.2) is 10.1 Å². The highest BCUT2D eigenvalue weighted by atomic mass is 16.7. The van der Waals surface area contributed by atoms with Crippen molar-refractivity contribution in [1.82, 2.24) is 10.6 Å². The lowest BCUT2D eigenvalue weighted by molar-refractivity contribution is -0.717. The van der Waals surface area contributed by atoms with Crippen LogP contribution in [-0.2, 0) is 23.9 Å². The number of ether oxygens (including phenoxy) is 2. The number of guanidine groups is 1. The molecule has 2 aliphatic heterocycles. The third-order valence-electron chi connectivity index (χ3n) is 15.0. The molecule has 0 aromatic rings. The molecule has 0 aromatic heterocycles. The maximum absolute atomic E-state index is 14.7. The Morgan fingerprint density at radius 2 is 1.89 bits per heavy atom. The summed E-state index contributed by atoms with van der Waals surface area (Å²) in [5.41, 5.74) is 5.54. The van der Waals surface area contributed by atoms with Crippen molar-refractivity contribution >= 4 is 23.5 Å². The number of ketones is 2. The number of hydrogen-bond acceptors (Lipinski definition) is 6. The summed E-state index contributed by atoms with van der Waals surface area (Å²) in [5.74, 6) is -0.276. The fourth-order valence-corrected chi connectivity index (χ4v) is 12.0. The number of esters is 1. The van der Waals surface area contributed by atoms with Gasteiger partial charge in [0, 0.05) is 48.3 Å². The van der Waals surface area contributed by atoms with Gasteiger partial charge in [0.25, 0.3) is 5.60 Å². The van der Waals surface area contributed by atoms with Crippen LogP contribution in [0.15, 0.2) is 35.5 Å². The Labute approximate surface area is 328 Å². The average molecular weight is 766 g/mol. The summed E-state index contributed by atoms with van der Waals surface area (Å²) in [5, 5.41) is 14.3. The monoisotopic (exact) mass is 766 g/mol. The van der Waals surface area contributed by atoms with Crippen molar-refractivity contribution in [3.05, 3.63) is 35.5 Å². The van der Waals surface area contributed by atoms with Crippen LogP contribution in [0.4, 0.5) is 0 Å². The topological polar surface area (TPSA) is 187 Å². The molecule has 0 bridgehead atoms. The molecule has 12 nitrogen and oxygen atoms in total. The highest BCUT2D eigenvalue weighted by molar-refractivity contribution is 6.23. The normalized spacial score (nSPS) is 37.7. The van der Waals surface area contributed by atoms with Gasteiger partial charge in [-0.2, -0.15) is 0 Å². The molecule has 5 fully saturated rings. The lowest BCUT2D eigenvalue weighted by Gasteiger charge is -2.43. The molecule has 304 valence electrons. The summed E-state index contributed by atoms with van der Waals surface area (Å²) in [4.78, 5) is 46.9. The van der Waals surface area contributed by atoms with Crippen molar-refractivity contribution < 1.29 is 44.8 Å². The van der Waals surface area contributed by atoms with Crippen LogP contribution in [0, 0.1) is 35.0 Å². The van der Waals surface area contributed by atoms with Crippen molar-refractivity contribution in [3.8, 4) is 0 Å². The zero-order valence-electron chi connectivity index (χ0n) is 34.0. The molecular formula is C43H71N7O5+4. The highest BCUT2D eigenvalue weighted by Crippen LogP contribution is 2.62. The standard InChI is InChI=1S/C43H67N7O5/c1-5-47-34-23-29-13-7-6-12-28(29)22-31(34)25-54-39(53)43-38(52)33-15-9-8-14-32(33)37(51)42(43,55-43)20-16-27(2)41(18-10-11-19-41)36(50-40(44)46-4)30-17-21-48-35(24-30)49-26-45-3/h7,13,16,23,28,30-36,45,47-49H,5-6,8-12,14-15,17-22,24-26H2,1-4H3,(H3,44,46,50)/p+4/t28-,30?,31+,32?,33?,34-,35?,36-,42-,43-/m0/s1. The molecule has 2 saturated heterocycles. The third-order valence-corrected chi connectivity index (χ3v) is 15.0. The van der Waals surface area contributed by atoms with Gasteiger partial charge >= 0.3 is 11.9 Å². The van der Waals surface area contributed by atoms with Gasteiger partial charge in [-0.3, -0.25) is 25.6 Å². The number of nitrogens with one attached hydrogen (secondary N) is 3. The number of hydrogen-bond donors (Lipinski definition) is 7. The molecule has 5 aliphatic carbocycles. The van der Waals surface area contributed by atoms with Crippen LogP contribution in [0.2, 0.25) is 0 Å². The summed E-state index contributed by atoms with van der Waals surface area (Å²) in [6.45, 7) is 7.40. The van der Waals surface area contributed by atoms with E-state index in [9.17, 15) is 14.4 Å². The molecule has 3 saturated carbocycles. The van der Waals surface area contributed by atoms with Crippen molar-refractivity contribution in [3.63, 3.8) is 0 Å². The summed E-state index contributed by atoms with van der Waals surface area (Å²) in [6, 6.07) is 0.279. The summed E-state index contributed by atoms with van der Waals surface area (Å²) in [6.07, 6.45) is 22.1. The number of nitrogens with two attached hydrogens (primary N) is 4. The number of piperidine rings is 1. The Morgan fingerprint density at radius 1 is 1.13 bits per heavy atom. The van der Waals surface area contributed by atoms with E-state index in [1.54, 1.807) is 0 Å². The van der Waals surface area contributed by atoms with Crippen LogP contribution in [0.25, 0.3) is 0 Å². The number of carbonyl (C=O) groups excluding carboxylic acids is 3. The molecule has 2 heterocycles. The van der Waals surface area contributed by atoms with Crippen molar-refractivity contribution in [1.29, 1.82) is 0 Å². The highest BCUT2D eigenvalue weighted by Gasteiger charge is 2.87. The van der Waals surface area contributed by atoms with E-state index in [0.717, 1.165) is 90.4 Å². The molecule has 10 atom stereocenters. The molecule has 7 aliphatic rings. The number of rotatable bonds is 14. The average Bonchev–Trinajstić information content (AvgIpc) is 3.68. The van der Waals surface area contributed by atoms with E-state index in [0.29, 0.717) is 36.8 Å². The molecule has 12 heteroatoms. The first kappa shape index (κ1) is 40.3. The second-order valence-corrected chi connectivity index (χ2v) is 18.0. The Hall–Kier alpha value is -2.90. The van der Waals surface area contributed by atoms with Crippen LogP contribution in [0.5, 0.6) is 0 Å². The first-order valence-electron chi connectivity index (χ1n) is 21.9. The molecule has 55 heavy (non-hydrogen) atoms. The molecular weight excluding hydrogens is 695 g/mol. The van der Waals surface area contributed by atoms with E-state index in [-0.39, 0.29) is 48.0 Å². The first-order valence-corrected chi connectivity index (χ1v) is 21.9. The SMILES string of the molecule is CC[NH2+][C@H]1C=C2C=CCC[C@H]2C[C@@H]1COC(=O)[C@]12O[C@@]1(CC=C(C)C1([C@@H](NC(N)=[NH+]C)C3CC[NH2+]C(NC[NH2+]C)C3)CCCC1)C(=O)C1CCCCC1C2=O. The van der Waals surface area contributed by atoms with Crippen LogP contribution in [0.3, 0.4) is 0 Å². The largest absolute Gasteiger partial charge is 0.463 e. The van der Waals surface area contributed by atoms with Gasteiger partial charge in [0.1, 0.15) is 25.5 Å². The van der Waals surface area contributed by atoms with Crippen LogP contribution >= 0.6 is 0 Å². The van der Waals surface area contributed by atoms with Gasteiger partial charge in [0.2, 0.25) is 0 Å². The van der Waals surface area contributed by atoms with Gasteiger partial charge in [-0.15, -0.1) is 0 Å². The predicted octanol–water partition coefficient (Wildman–Crippen LogP) is -1.22. The first-order chi connectivity index (χ1) is 26.6. The van der Waals surface area contributed by atoms with Gasteiger partial charge in [0.15, 0.2) is 17.2 Å². The number of likely N-dealkylation sites (N-methyl/N-ethyl adjacent to an activating group) is 1. The molecule has 0 amide bonds. The number of allylic oxidation sites excluding steroid dienone is 3. The number of epoxide rings is 1. The second kappa shape index (κ2) is 16.9. The third kappa shape index (κ3) is 7.39. The zero-order valence-corrected chi connectivity index (χ0v) is 34.0. The van der Waals surface area contributed by atoms with Crippen molar-refractivity contribution in [2.75, 3.05) is 40.5 Å². The predicted molar refractivity (Wildman–Crippen MR) is 209 cm³/mol. The van der Waals surface area contributed by atoms with Crippen LogP contribution < -0.4 is 37.3 Å². The molecule has 0 aromatic carbocycles. The molecule has 0 radical (unpaired) electrons. The fourth-order valence-electron chi connectivity index (χ4n) is 12.0. The minimum absolute atomic E-state index is 0.0680. The Balaban J connectivity index is 1.16. The van der Waals surface area contributed by atoms with E-state index in [2.05, 4.69) is 76.8 Å². The second-order valence-electron chi connectivity index (χ2n) is 18.0. The summed E-state index contributed by atoms with van der Waals surface area (Å²) < 4.78 is 12.7. The lowest BCUT2D eigenvalue weighted by Crippen LogP contribution is -2.98. The smallest absolute Gasteiger partial charge is 0.350 e. The summed E-state index contributed by atoms with van der Waals surface area (Å²) >= 11 is 0. The fraction of sp³-hybridized carbons (Fsp3) is 0.767. The van der Waals surface area contributed by atoms with E-state index in [1.165, 1.54) is 11.1 Å². The Morgan fingerprint density at radius 3 is 2.62 bits per heavy atom. The zero-order chi connectivity index (χ0) is 38.8. The van der Waals surface area contributed by atoms with E-state index >= 15 is 0 Å². The maximum Gasteiger partial charge on any atom is 0.350 e. The van der Waals surface area contributed by atoms with Gasteiger partial charge in [0.05, 0.1) is 33.2 Å². The van der Waals surface area contributed by atoms with E-state index in [1.807, 2.05) is 7.05 Å². The van der Waals surface area contributed by atoms with Crippen LogP contribution in [-0.4, -0.2) is 93.4 Å². The van der Waals surface area contributed by atoms with Crippen molar-refractivity contribution in [2.45, 2.75) is 133 Å². The number of Topliss-reactive ketones (excluding diaryl/α,β-unsaturated/α-hetero) is 2. The maximum atomic E-state index is 14.7. The van der Waals surface area contributed by atoms with Crippen molar-refractivity contribution in [2.24, 2.45) is 40.7 Å². The molecule has 11 N–H and O–H groups in total. The Kier molecular flexibility index (Phi) is 12.4. The van der Waals surface area contributed by atoms with Gasteiger partial charge < -0.3 is 25.4 Å². The van der Waals surface area contributed by atoms with E-state index < -0.39 is 29.0 Å². The van der Waals surface area contributed by atoms with Gasteiger partial charge in [-0.1, -0.05) is 49.5 Å². The van der Waals surface area contributed by atoms with Crippen LogP contribution in [0.1, 0.15) is 104 Å². The number of fused-ring (bicyclic) bond motifs is 3. The minimum atomic E-state index is -1.86. The number of quaternary nitrogens is 3. The molecule has 0 spiro atoms. The lowest BCUT2D eigenvalue weighted by atomic mass is 9.60.